The van der Waals surface area contributed by atoms with Crippen molar-refractivity contribution in [1.29, 1.82) is 0 Å². The Kier molecular flexibility index (Phi) is 2.83. The minimum absolute atomic E-state index is 0.0226. The Morgan fingerprint density at radius 2 is 1.84 bits per heavy atom. The molecule has 2 bridgehead atoms. The van der Waals surface area contributed by atoms with E-state index in [-0.39, 0.29) is 40.9 Å². The van der Waals surface area contributed by atoms with Crippen LogP contribution >= 0.6 is 0 Å². The van der Waals surface area contributed by atoms with Crippen molar-refractivity contribution in [1.82, 2.24) is 0 Å². The Morgan fingerprint density at radius 1 is 1.04 bits per heavy atom. The Labute approximate surface area is 147 Å². The molecule has 0 aromatic rings. The summed E-state index contributed by atoms with van der Waals surface area (Å²) >= 11 is 0. The summed E-state index contributed by atoms with van der Waals surface area (Å²) < 4.78 is 11.2. The third kappa shape index (κ3) is 1.55. The maximum atomic E-state index is 13.1. The lowest BCUT2D eigenvalue weighted by molar-refractivity contribution is -0.209. The van der Waals surface area contributed by atoms with E-state index < -0.39 is 10.8 Å². The Bertz CT molecular complexity index is 726. The number of ether oxygens (including phenoxy) is 2. The lowest BCUT2D eigenvalue weighted by Crippen LogP contribution is -2.63. The van der Waals surface area contributed by atoms with Crippen molar-refractivity contribution in [3.8, 4) is 0 Å². The molecule has 0 aromatic carbocycles. The van der Waals surface area contributed by atoms with Crippen LogP contribution in [0.2, 0.25) is 0 Å². The van der Waals surface area contributed by atoms with Gasteiger partial charge >= 0.3 is 11.9 Å². The molecule has 5 aliphatic rings. The van der Waals surface area contributed by atoms with Crippen LogP contribution in [0.15, 0.2) is 12.2 Å². The molecule has 3 aliphatic carbocycles. The van der Waals surface area contributed by atoms with Gasteiger partial charge < -0.3 is 9.47 Å². The topological polar surface area (TPSA) is 69.7 Å². The van der Waals surface area contributed by atoms with Gasteiger partial charge in [0.25, 0.3) is 0 Å². The van der Waals surface area contributed by atoms with Gasteiger partial charge in [0.2, 0.25) is 0 Å². The molecule has 5 heteroatoms. The zero-order valence-electron chi connectivity index (χ0n) is 14.6. The second-order valence-corrected chi connectivity index (χ2v) is 9.09. The summed E-state index contributed by atoms with van der Waals surface area (Å²) in [6, 6.07) is 0. The van der Waals surface area contributed by atoms with E-state index in [2.05, 4.69) is 6.58 Å². The number of rotatable bonds is 0. The lowest BCUT2D eigenvalue weighted by atomic mass is 9.45. The molecule has 0 amide bonds. The molecule has 6 atom stereocenters. The van der Waals surface area contributed by atoms with Crippen LogP contribution in [-0.2, 0) is 23.9 Å². The first-order chi connectivity index (χ1) is 11.9. The maximum absolute atomic E-state index is 13.1. The molecule has 5 nitrogen and oxygen atoms in total. The minimum atomic E-state index is -1.05. The van der Waals surface area contributed by atoms with Gasteiger partial charge in [0, 0.05) is 11.3 Å². The van der Waals surface area contributed by atoms with E-state index in [9.17, 15) is 14.4 Å². The van der Waals surface area contributed by atoms with Gasteiger partial charge in [0.1, 0.15) is 5.41 Å². The summed E-state index contributed by atoms with van der Waals surface area (Å²) in [5, 5.41) is 0. The van der Waals surface area contributed by atoms with Crippen molar-refractivity contribution in [2.45, 2.75) is 45.4 Å². The van der Waals surface area contributed by atoms with Gasteiger partial charge in [-0.2, -0.15) is 0 Å². The van der Waals surface area contributed by atoms with E-state index in [4.69, 9.17) is 9.47 Å². The van der Waals surface area contributed by atoms with Crippen LogP contribution in [0.25, 0.3) is 0 Å². The third-order valence-electron chi connectivity index (χ3n) is 8.34. The Balaban J connectivity index is 1.66. The van der Waals surface area contributed by atoms with Gasteiger partial charge in [-0.1, -0.05) is 13.0 Å². The van der Waals surface area contributed by atoms with Crippen LogP contribution < -0.4 is 0 Å². The molecule has 3 saturated carbocycles. The number of carbonyl (C=O) groups excluding carboxylic acids is 3. The van der Waals surface area contributed by atoms with E-state index in [1.807, 2.05) is 6.92 Å². The number of hydrogen-bond acceptors (Lipinski definition) is 5. The maximum Gasteiger partial charge on any atom is 0.320 e. The van der Waals surface area contributed by atoms with E-state index in [1.54, 1.807) is 0 Å². The molecule has 25 heavy (non-hydrogen) atoms. The van der Waals surface area contributed by atoms with Crippen molar-refractivity contribution in [3.05, 3.63) is 12.2 Å². The monoisotopic (exact) mass is 344 g/mol. The molecular formula is C20H24O5. The fourth-order valence-electron chi connectivity index (χ4n) is 7.07. The summed E-state index contributed by atoms with van der Waals surface area (Å²) in [6.07, 6.45) is 4.91. The van der Waals surface area contributed by atoms with Gasteiger partial charge in [0.15, 0.2) is 5.78 Å². The first-order valence-electron chi connectivity index (χ1n) is 9.44. The number of fused-ring (bicyclic) bond motifs is 4. The standard InChI is InChI=1S/C20H24O5/c1-11-12-4-5-13-19(10-25-17(23)20(13,8-12)15(11)21)7-3-6-18(2)14(19)9-24-16(18)22/h12-14H,1,3-10H2,2H3/t12-,13+,14-,18-,19-,20+/m1/s1. The summed E-state index contributed by atoms with van der Waals surface area (Å²) in [5.41, 5.74) is -1.28. The van der Waals surface area contributed by atoms with Crippen molar-refractivity contribution in [2.24, 2.45) is 34.0 Å². The van der Waals surface area contributed by atoms with Crippen LogP contribution in [-0.4, -0.2) is 30.9 Å². The SMILES string of the molecule is C=C1C(=O)[C@]23C[C@H]1CC[C@H]2[C@@]1(CCC[C@@]2(C)C(=O)OC[C@@H]12)COC3=O. The number of allylic oxidation sites excluding steroid dienone is 1. The summed E-state index contributed by atoms with van der Waals surface area (Å²) in [4.78, 5) is 38.4. The highest BCUT2D eigenvalue weighted by atomic mass is 16.5. The molecule has 0 N–H and O–H groups in total. The zero-order valence-corrected chi connectivity index (χ0v) is 14.6. The molecule has 2 aliphatic heterocycles. The largest absolute Gasteiger partial charge is 0.465 e. The normalized spacial score (nSPS) is 51.2. The number of ketones is 1. The van der Waals surface area contributed by atoms with Crippen molar-refractivity contribution >= 4 is 17.7 Å². The van der Waals surface area contributed by atoms with E-state index >= 15 is 0 Å². The van der Waals surface area contributed by atoms with E-state index in [1.165, 1.54) is 0 Å². The Morgan fingerprint density at radius 3 is 2.64 bits per heavy atom. The van der Waals surface area contributed by atoms with Gasteiger partial charge in [-0.15, -0.1) is 0 Å². The average molecular weight is 344 g/mol. The number of hydrogen-bond donors (Lipinski definition) is 0. The van der Waals surface area contributed by atoms with Crippen molar-refractivity contribution in [2.75, 3.05) is 13.2 Å². The predicted molar refractivity (Wildman–Crippen MR) is 87.2 cm³/mol. The van der Waals surface area contributed by atoms with Crippen LogP contribution in [0.3, 0.4) is 0 Å². The predicted octanol–water partition coefficient (Wildman–Crippen LogP) is 2.43. The first-order valence-corrected chi connectivity index (χ1v) is 9.44. The fraction of sp³-hybridized carbons (Fsp3) is 0.750. The van der Waals surface area contributed by atoms with Gasteiger partial charge in [-0.3, -0.25) is 14.4 Å². The number of carbonyl (C=O) groups is 3. The quantitative estimate of drug-likeness (QED) is 0.383. The van der Waals surface area contributed by atoms with Gasteiger partial charge in [-0.25, -0.2) is 0 Å². The lowest BCUT2D eigenvalue weighted by Gasteiger charge is -2.58. The summed E-state index contributed by atoms with van der Waals surface area (Å²) in [7, 11) is 0. The third-order valence-corrected chi connectivity index (χ3v) is 8.34. The highest BCUT2D eigenvalue weighted by Gasteiger charge is 2.73. The average Bonchev–Trinajstić information content (AvgIpc) is 3.01. The van der Waals surface area contributed by atoms with Gasteiger partial charge in [-0.05, 0) is 56.4 Å². The molecular weight excluding hydrogens is 320 g/mol. The van der Waals surface area contributed by atoms with Gasteiger partial charge in [0.05, 0.1) is 18.6 Å². The fourth-order valence-corrected chi connectivity index (χ4v) is 7.07. The molecule has 0 unspecified atom stereocenters. The van der Waals surface area contributed by atoms with Crippen LogP contribution in [0.4, 0.5) is 0 Å². The highest BCUT2D eigenvalue weighted by Crippen LogP contribution is 2.68. The number of esters is 2. The molecule has 0 radical (unpaired) electrons. The molecule has 0 aromatic heterocycles. The number of cyclic esters (lactones) is 2. The second kappa shape index (κ2) is 4.54. The molecule has 5 fully saturated rings. The summed E-state index contributed by atoms with van der Waals surface area (Å²) in [6.45, 7) is 6.69. The second-order valence-electron chi connectivity index (χ2n) is 9.09. The molecule has 2 heterocycles. The first kappa shape index (κ1) is 15.6. The zero-order chi connectivity index (χ0) is 17.6. The van der Waals surface area contributed by atoms with E-state index in [0.717, 1.165) is 32.1 Å². The molecule has 134 valence electrons. The van der Waals surface area contributed by atoms with Crippen molar-refractivity contribution in [3.63, 3.8) is 0 Å². The summed E-state index contributed by atoms with van der Waals surface area (Å²) in [5.74, 6) is -0.491. The van der Waals surface area contributed by atoms with Crippen LogP contribution in [0.1, 0.15) is 45.4 Å². The van der Waals surface area contributed by atoms with Crippen LogP contribution in [0.5, 0.6) is 0 Å². The molecule has 2 spiro atoms. The van der Waals surface area contributed by atoms with Crippen LogP contribution in [0, 0.1) is 34.0 Å². The Hall–Kier alpha value is -1.65. The number of Topliss-reactive ketones (excluding diaryl/α,β-unsaturated/α-hetero) is 1. The molecule has 5 rings (SSSR count). The van der Waals surface area contributed by atoms with Crippen molar-refractivity contribution < 1.29 is 23.9 Å². The molecule has 2 saturated heterocycles. The smallest absolute Gasteiger partial charge is 0.320 e. The highest BCUT2D eigenvalue weighted by molar-refractivity contribution is 6.15. The minimum Gasteiger partial charge on any atom is -0.465 e. The van der Waals surface area contributed by atoms with E-state index in [0.29, 0.717) is 25.2 Å².